The molecule has 0 bridgehead atoms. The van der Waals surface area contributed by atoms with Gasteiger partial charge in [-0.25, -0.2) is 9.97 Å². The zero-order valence-electron chi connectivity index (χ0n) is 32.4. The minimum absolute atomic E-state index is 0.0450. The fraction of sp³-hybridized carbons (Fsp3) is 0.267. The fourth-order valence-electron chi connectivity index (χ4n) is 5.74. The van der Waals surface area contributed by atoms with Crippen LogP contribution in [-0.4, -0.2) is 48.0 Å². The Balaban J connectivity index is 0.000000218. The molecule has 0 saturated carbocycles. The molecule has 294 valence electrons. The van der Waals surface area contributed by atoms with Crippen LogP contribution in [0.5, 0.6) is 23.0 Å². The third-order valence-corrected chi connectivity index (χ3v) is 11.0. The fourth-order valence-corrected chi connectivity index (χ4v) is 7.95. The zero-order chi connectivity index (χ0) is 40.6. The molecule has 4 aromatic carbocycles. The van der Waals surface area contributed by atoms with Crippen molar-refractivity contribution in [2.45, 2.75) is 53.4 Å². The lowest BCUT2D eigenvalue weighted by molar-refractivity contribution is 0.0974. The van der Waals surface area contributed by atoms with Crippen LogP contribution in [0.2, 0.25) is 0 Å². The third-order valence-electron chi connectivity index (χ3n) is 8.42. The van der Waals surface area contributed by atoms with Crippen LogP contribution in [-0.2, 0) is 12.8 Å². The largest absolute Gasteiger partial charge is 0.490 e. The molecule has 6 rings (SSSR count). The van der Waals surface area contributed by atoms with Gasteiger partial charge in [-0.3, -0.25) is 9.59 Å². The first-order valence-corrected chi connectivity index (χ1v) is 21.3. The molecule has 6 aromatic rings. The Kier molecular flexibility index (Phi) is 16.4. The standard InChI is InChI=1S/C23H22N2O3S.C22H22BrNO3S/c1-3-27-21-12-9-16(13-22(21)28-4-2)23-25-18(15-29-23)10-11-20(26)19-8-6-5-7-17(19)14-24;1-3-26-20-12-9-15(13-21(20)27-4-2)22-24-16(14-28-22)10-11-19(25)17-7-5-6-8-18(17)23/h5-9,12-13,15H,3-4,10-11H2,1-2H3;5-9,12-14H,3-4,10-11H2,1-2H3. The molecule has 0 aliphatic carbocycles. The third kappa shape index (κ3) is 11.8. The van der Waals surface area contributed by atoms with Crippen LogP contribution in [0.3, 0.4) is 0 Å². The number of ether oxygens (including phenoxy) is 4. The summed E-state index contributed by atoms with van der Waals surface area (Å²) in [5, 5.41) is 14.9. The van der Waals surface area contributed by atoms with Gasteiger partial charge in [0.25, 0.3) is 0 Å². The molecule has 0 unspecified atom stereocenters. The minimum atomic E-state index is -0.0450. The van der Waals surface area contributed by atoms with Crippen LogP contribution < -0.4 is 18.9 Å². The van der Waals surface area contributed by atoms with Crippen molar-refractivity contribution in [2.75, 3.05) is 26.4 Å². The van der Waals surface area contributed by atoms with Crippen LogP contribution in [0.25, 0.3) is 21.1 Å². The molecule has 0 radical (unpaired) electrons. The average Bonchev–Trinajstić information content (AvgIpc) is 3.92. The smallest absolute Gasteiger partial charge is 0.164 e. The Bertz CT molecular complexity index is 2310. The van der Waals surface area contributed by atoms with E-state index in [-0.39, 0.29) is 11.6 Å². The molecule has 0 aliphatic heterocycles. The molecule has 0 N–H and O–H groups in total. The van der Waals surface area contributed by atoms with E-state index in [1.807, 2.05) is 99.1 Å². The second-order valence-corrected chi connectivity index (χ2v) is 14.9. The molecule has 9 nitrogen and oxygen atoms in total. The molecule has 2 heterocycles. The van der Waals surface area contributed by atoms with E-state index < -0.39 is 0 Å². The number of nitriles is 1. The molecule has 57 heavy (non-hydrogen) atoms. The summed E-state index contributed by atoms with van der Waals surface area (Å²) in [5.74, 6) is 2.95. The van der Waals surface area contributed by atoms with Crippen molar-refractivity contribution in [1.82, 2.24) is 9.97 Å². The van der Waals surface area contributed by atoms with Gasteiger partial charge in [-0.05, 0) is 89.1 Å². The number of ketones is 2. The van der Waals surface area contributed by atoms with Gasteiger partial charge in [-0.15, -0.1) is 22.7 Å². The summed E-state index contributed by atoms with van der Waals surface area (Å²) in [6.45, 7) is 10.1. The van der Waals surface area contributed by atoms with Gasteiger partial charge in [0.15, 0.2) is 34.6 Å². The van der Waals surface area contributed by atoms with E-state index >= 15 is 0 Å². The lowest BCUT2D eigenvalue weighted by Gasteiger charge is -2.11. The number of benzene rings is 4. The van der Waals surface area contributed by atoms with Crippen molar-refractivity contribution in [3.63, 3.8) is 0 Å². The minimum Gasteiger partial charge on any atom is -0.490 e. The van der Waals surface area contributed by atoms with Gasteiger partial charge in [0.2, 0.25) is 0 Å². The molecular formula is C45H44BrN3O6S2. The molecule has 0 atom stereocenters. The van der Waals surface area contributed by atoms with Crippen molar-refractivity contribution in [3.8, 4) is 50.2 Å². The molecule has 12 heteroatoms. The molecule has 0 aliphatic rings. The Morgan fingerprint density at radius 2 is 1.05 bits per heavy atom. The summed E-state index contributed by atoms with van der Waals surface area (Å²) in [5.41, 5.74) is 5.32. The molecular weight excluding hydrogens is 823 g/mol. The molecule has 0 amide bonds. The molecule has 2 aromatic heterocycles. The van der Waals surface area contributed by atoms with Crippen molar-refractivity contribution < 1.29 is 28.5 Å². The van der Waals surface area contributed by atoms with E-state index in [4.69, 9.17) is 29.2 Å². The predicted molar refractivity (Wildman–Crippen MR) is 230 cm³/mol. The first kappa shape index (κ1) is 42.8. The van der Waals surface area contributed by atoms with Crippen molar-refractivity contribution in [3.05, 3.63) is 128 Å². The highest BCUT2D eigenvalue weighted by Crippen LogP contribution is 2.36. The van der Waals surface area contributed by atoms with Crippen LogP contribution in [0.4, 0.5) is 0 Å². The second-order valence-electron chi connectivity index (χ2n) is 12.3. The lowest BCUT2D eigenvalue weighted by Crippen LogP contribution is -2.04. The normalized spacial score (nSPS) is 10.5. The maximum absolute atomic E-state index is 12.5. The van der Waals surface area contributed by atoms with Gasteiger partial charge < -0.3 is 18.9 Å². The second kappa shape index (κ2) is 21.8. The number of carbonyl (C=O) groups is 2. The highest BCUT2D eigenvalue weighted by atomic mass is 79.9. The van der Waals surface area contributed by atoms with E-state index in [9.17, 15) is 9.59 Å². The van der Waals surface area contributed by atoms with Crippen molar-refractivity contribution >= 4 is 50.2 Å². The van der Waals surface area contributed by atoms with Gasteiger partial charge >= 0.3 is 0 Å². The van der Waals surface area contributed by atoms with Gasteiger partial charge in [0, 0.05) is 50.3 Å². The highest BCUT2D eigenvalue weighted by Gasteiger charge is 2.16. The summed E-state index contributed by atoms with van der Waals surface area (Å²) < 4.78 is 23.4. The summed E-state index contributed by atoms with van der Waals surface area (Å²) in [6.07, 6.45) is 1.89. The summed E-state index contributed by atoms with van der Waals surface area (Å²) >= 11 is 6.54. The Hall–Kier alpha value is -5.35. The van der Waals surface area contributed by atoms with Gasteiger partial charge in [-0.1, -0.05) is 52.3 Å². The van der Waals surface area contributed by atoms with E-state index in [1.54, 1.807) is 35.6 Å². The first-order valence-electron chi connectivity index (χ1n) is 18.8. The van der Waals surface area contributed by atoms with E-state index in [1.165, 1.54) is 11.3 Å². The van der Waals surface area contributed by atoms with Crippen molar-refractivity contribution in [2.24, 2.45) is 0 Å². The molecule has 0 fully saturated rings. The first-order chi connectivity index (χ1) is 27.8. The number of carbonyl (C=O) groups excluding carboxylic acids is 2. The number of Topliss-reactive ketones (excluding diaryl/α,β-unsaturated/α-hetero) is 2. The summed E-state index contributed by atoms with van der Waals surface area (Å²) in [6, 6.07) is 28.1. The van der Waals surface area contributed by atoms with Crippen LogP contribution in [0.15, 0.2) is 100 Å². The Morgan fingerprint density at radius 3 is 1.53 bits per heavy atom. The SMILES string of the molecule is CCOc1ccc(-c2nc(CCC(=O)c3ccccc3Br)cs2)cc1OCC.CCOc1ccc(-c2nc(CCC(=O)c3ccccc3C#N)cs2)cc1OCC. The van der Waals surface area contributed by atoms with Crippen LogP contribution in [0, 0.1) is 11.3 Å². The number of thiazole rings is 2. The quantitative estimate of drug-likeness (QED) is 0.0777. The maximum Gasteiger partial charge on any atom is 0.164 e. The maximum atomic E-state index is 12.5. The van der Waals surface area contributed by atoms with E-state index in [0.717, 1.165) is 54.3 Å². The number of rotatable bonds is 18. The summed E-state index contributed by atoms with van der Waals surface area (Å²) in [4.78, 5) is 34.3. The summed E-state index contributed by atoms with van der Waals surface area (Å²) in [7, 11) is 0. The Morgan fingerprint density at radius 1 is 0.614 bits per heavy atom. The Labute approximate surface area is 350 Å². The van der Waals surface area contributed by atoms with Gasteiger partial charge in [0.1, 0.15) is 10.0 Å². The number of aryl methyl sites for hydroxylation is 2. The van der Waals surface area contributed by atoms with Crippen LogP contribution >= 0.6 is 38.6 Å². The zero-order valence-corrected chi connectivity index (χ0v) is 35.6. The number of halogens is 1. The molecule has 0 spiro atoms. The predicted octanol–water partition coefficient (Wildman–Crippen LogP) is 11.5. The topological polar surface area (TPSA) is 121 Å². The number of aromatic nitrogens is 2. The van der Waals surface area contributed by atoms with Crippen molar-refractivity contribution in [1.29, 1.82) is 5.26 Å². The van der Waals surface area contributed by atoms with E-state index in [0.29, 0.717) is 74.6 Å². The number of hydrogen-bond donors (Lipinski definition) is 0. The van der Waals surface area contributed by atoms with Crippen LogP contribution in [0.1, 0.15) is 78.2 Å². The van der Waals surface area contributed by atoms with Gasteiger partial charge in [-0.2, -0.15) is 5.26 Å². The number of hydrogen-bond acceptors (Lipinski definition) is 11. The van der Waals surface area contributed by atoms with E-state index in [2.05, 4.69) is 27.0 Å². The highest BCUT2D eigenvalue weighted by molar-refractivity contribution is 9.10. The number of nitrogens with zero attached hydrogens (tertiary/aromatic N) is 3. The average molecular weight is 867 g/mol. The lowest BCUT2D eigenvalue weighted by atomic mass is 10.0. The molecule has 0 saturated heterocycles. The van der Waals surface area contributed by atoms with Gasteiger partial charge in [0.05, 0.1) is 49.4 Å². The monoisotopic (exact) mass is 865 g/mol.